The Morgan fingerprint density at radius 2 is 1.83 bits per heavy atom. The summed E-state index contributed by atoms with van der Waals surface area (Å²) >= 11 is 1.10. The van der Waals surface area contributed by atoms with Gasteiger partial charge in [0.2, 0.25) is 0 Å². The second kappa shape index (κ2) is 7.23. The van der Waals surface area contributed by atoms with Crippen LogP contribution in [0.4, 0.5) is 0 Å². The number of hydrogen-bond donors (Lipinski definition) is 1. The fraction of sp³-hybridized carbons (Fsp3) is 0.167. The highest BCUT2D eigenvalue weighted by atomic mass is 32.1. The van der Waals surface area contributed by atoms with E-state index >= 15 is 0 Å². The molecule has 0 atom stereocenters. The van der Waals surface area contributed by atoms with E-state index in [0.717, 1.165) is 28.4 Å². The van der Waals surface area contributed by atoms with Crippen LogP contribution in [0.2, 0.25) is 0 Å². The highest BCUT2D eigenvalue weighted by Crippen LogP contribution is 2.25. The molecule has 1 N–H and O–H groups in total. The first-order chi connectivity index (χ1) is 11.7. The molecule has 122 valence electrons. The van der Waals surface area contributed by atoms with Crippen molar-refractivity contribution in [2.45, 2.75) is 13.5 Å². The predicted molar refractivity (Wildman–Crippen MR) is 94.2 cm³/mol. The third-order valence-corrected chi connectivity index (χ3v) is 4.36. The number of aromatic nitrogens is 2. The van der Waals surface area contributed by atoms with Gasteiger partial charge in [-0.05, 0) is 48.3 Å². The zero-order valence-electron chi connectivity index (χ0n) is 13.4. The molecule has 0 aliphatic heterocycles. The minimum atomic E-state index is -0.170. The molecule has 0 saturated heterocycles. The number of rotatable bonds is 5. The molecule has 0 unspecified atom stereocenters. The number of hydrogen-bond acceptors (Lipinski definition) is 5. The van der Waals surface area contributed by atoms with Crippen LogP contribution in [0.25, 0.3) is 11.3 Å². The molecule has 1 heterocycles. The van der Waals surface area contributed by atoms with E-state index in [1.165, 1.54) is 5.56 Å². The van der Waals surface area contributed by atoms with Crippen molar-refractivity contribution in [1.29, 1.82) is 0 Å². The van der Waals surface area contributed by atoms with Crippen LogP contribution >= 0.6 is 11.5 Å². The third-order valence-electron chi connectivity index (χ3n) is 3.63. The number of nitrogens with one attached hydrogen (secondary N) is 1. The quantitative estimate of drug-likeness (QED) is 0.773. The summed E-state index contributed by atoms with van der Waals surface area (Å²) in [4.78, 5) is 13.0. The van der Waals surface area contributed by atoms with Crippen LogP contribution in [0.3, 0.4) is 0 Å². The maximum atomic E-state index is 12.5. The Balaban J connectivity index is 1.73. The van der Waals surface area contributed by atoms with Crippen LogP contribution in [-0.4, -0.2) is 22.6 Å². The van der Waals surface area contributed by atoms with Crippen LogP contribution in [0, 0.1) is 6.92 Å². The molecule has 3 rings (SSSR count). The largest absolute Gasteiger partial charge is 0.497 e. The van der Waals surface area contributed by atoms with Gasteiger partial charge in [-0.15, -0.1) is 5.10 Å². The maximum absolute atomic E-state index is 12.5. The van der Waals surface area contributed by atoms with E-state index in [2.05, 4.69) is 14.9 Å². The van der Waals surface area contributed by atoms with Gasteiger partial charge in [0.25, 0.3) is 5.91 Å². The fourth-order valence-corrected chi connectivity index (χ4v) is 2.85. The van der Waals surface area contributed by atoms with Gasteiger partial charge in [-0.3, -0.25) is 4.79 Å². The number of carbonyl (C=O) groups excluding carboxylic acids is 1. The normalized spacial score (nSPS) is 10.4. The Kier molecular flexibility index (Phi) is 4.86. The average Bonchev–Trinajstić information content (AvgIpc) is 3.11. The molecule has 0 bridgehead atoms. The predicted octanol–water partition coefficient (Wildman–Crippen LogP) is 3.45. The van der Waals surface area contributed by atoms with E-state index in [1.54, 1.807) is 7.11 Å². The van der Waals surface area contributed by atoms with Gasteiger partial charge in [0.15, 0.2) is 0 Å². The smallest absolute Gasteiger partial charge is 0.265 e. The van der Waals surface area contributed by atoms with Gasteiger partial charge >= 0.3 is 0 Å². The molecule has 3 aromatic rings. The fourth-order valence-electron chi connectivity index (χ4n) is 2.25. The van der Waals surface area contributed by atoms with E-state index in [9.17, 15) is 4.79 Å². The highest BCUT2D eigenvalue weighted by molar-refractivity contribution is 7.08. The number of nitrogens with zero attached hydrogens (tertiary/aromatic N) is 2. The van der Waals surface area contributed by atoms with Crippen molar-refractivity contribution in [2.75, 3.05) is 7.11 Å². The van der Waals surface area contributed by atoms with Gasteiger partial charge in [0.05, 0.1) is 7.11 Å². The van der Waals surface area contributed by atoms with Crippen molar-refractivity contribution >= 4 is 17.4 Å². The van der Waals surface area contributed by atoms with E-state index in [-0.39, 0.29) is 5.91 Å². The van der Waals surface area contributed by atoms with Crippen LogP contribution < -0.4 is 10.1 Å². The zero-order valence-corrected chi connectivity index (χ0v) is 14.3. The maximum Gasteiger partial charge on any atom is 0.265 e. The van der Waals surface area contributed by atoms with Crippen molar-refractivity contribution in [3.63, 3.8) is 0 Å². The summed E-state index contributed by atoms with van der Waals surface area (Å²) in [5, 5.41) is 7.02. The van der Waals surface area contributed by atoms with Crippen LogP contribution in [0.15, 0.2) is 48.5 Å². The monoisotopic (exact) mass is 339 g/mol. The second-order valence-electron chi connectivity index (χ2n) is 5.35. The summed E-state index contributed by atoms with van der Waals surface area (Å²) in [7, 11) is 1.61. The van der Waals surface area contributed by atoms with Gasteiger partial charge in [-0.25, -0.2) is 0 Å². The van der Waals surface area contributed by atoms with Crippen LogP contribution in [-0.2, 0) is 6.54 Å². The lowest BCUT2D eigenvalue weighted by molar-refractivity contribution is 0.0955. The van der Waals surface area contributed by atoms with Crippen molar-refractivity contribution in [3.8, 4) is 17.0 Å². The van der Waals surface area contributed by atoms with Gasteiger partial charge in [-0.1, -0.05) is 34.3 Å². The molecule has 24 heavy (non-hydrogen) atoms. The molecular weight excluding hydrogens is 322 g/mol. The lowest BCUT2D eigenvalue weighted by Crippen LogP contribution is -2.22. The molecule has 0 saturated carbocycles. The van der Waals surface area contributed by atoms with Gasteiger partial charge < -0.3 is 10.1 Å². The minimum Gasteiger partial charge on any atom is -0.497 e. The van der Waals surface area contributed by atoms with Gasteiger partial charge in [-0.2, -0.15) is 0 Å². The standard InChI is InChI=1S/C18H17N3O2S/c1-12-3-5-13(6-4-12)11-19-18(22)17-16(20-21-24-17)14-7-9-15(23-2)10-8-14/h3-10H,11H2,1-2H3,(H,19,22). The minimum absolute atomic E-state index is 0.170. The summed E-state index contributed by atoms with van der Waals surface area (Å²) in [6.07, 6.45) is 0. The first-order valence-electron chi connectivity index (χ1n) is 7.48. The van der Waals surface area contributed by atoms with Crippen molar-refractivity contribution in [1.82, 2.24) is 14.9 Å². The third kappa shape index (κ3) is 3.60. The Labute approximate surface area is 144 Å². The number of amides is 1. The summed E-state index contributed by atoms with van der Waals surface area (Å²) in [6, 6.07) is 15.5. The Morgan fingerprint density at radius 3 is 2.50 bits per heavy atom. The van der Waals surface area contributed by atoms with E-state index in [1.807, 2.05) is 55.5 Å². The van der Waals surface area contributed by atoms with E-state index < -0.39 is 0 Å². The Bertz CT molecular complexity index is 826. The topological polar surface area (TPSA) is 64.1 Å². The molecular formula is C18H17N3O2S. The molecule has 0 aliphatic rings. The molecule has 0 spiro atoms. The molecule has 0 radical (unpaired) electrons. The zero-order chi connectivity index (χ0) is 16.9. The SMILES string of the molecule is COc1ccc(-c2nnsc2C(=O)NCc2ccc(C)cc2)cc1. The molecule has 1 aromatic heterocycles. The highest BCUT2D eigenvalue weighted by Gasteiger charge is 2.17. The Morgan fingerprint density at radius 1 is 1.12 bits per heavy atom. The molecule has 5 nitrogen and oxygen atoms in total. The summed E-state index contributed by atoms with van der Waals surface area (Å²) < 4.78 is 9.08. The second-order valence-corrected chi connectivity index (χ2v) is 6.10. The van der Waals surface area contributed by atoms with E-state index in [4.69, 9.17) is 4.74 Å². The summed E-state index contributed by atoms with van der Waals surface area (Å²) in [5.41, 5.74) is 3.67. The molecule has 0 aliphatic carbocycles. The number of aryl methyl sites for hydroxylation is 1. The average molecular weight is 339 g/mol. The first kappa shape index (κ1) is 16.1. The number of ether oxygens (including phenoxy) is 1. The van der Waals surface area contributed by atoms with Gasteiger partial charge in [0.1, 0.15) is 16.3 Å². The summed E-state index contributed by atoms with van der Waals surface area (Å²) in [5.74, 6) is 0.587. The summed E-state index contributed by atoms with van der Waals surface area (Å²) in [6.45, 7) is 2.51. The van der Waals surface area contributed by atoms with Crippen molar-refractivity contribution in [3.05, 3.63) is 64.5 Å². The lowest BCUT2D eigenvalue weighted by atomic mass is 10.1. The number of methoxy groups -OCH3 is 1. The first-order valence-corrected chi connectivity index (χ1v) is 8.25. The molecule has 2 aromatic carbocycles. The molecule has 0 fully saturated rings. The van der Waals surface area contributed by atoms with Crippen LogP contribution in [0.1, 0.15) is 20.8 Å². The Hall–Kier alpha value is -2.73. The van der Waals surface area contributed by atoms with Crippen molar-refractivity contribution < 1.29 is 9.53 Å². The molecule has 6 heteroatoms. The van der Waals surface area contributed by atoms with Gasteiger partial charge in [0, 0.05) is 12.1 Å². The van der Waals surface area contributed by atoms with E-state index in [0.29, 0.717) is 17.1 Å². The van der Waals surface area contributed by atoms with Crippen molar-refractivity contribution in [2.24, 2.45) is 0 Å². The number of carbonyl (C=O) groups is 1. The number of benzene rings is 2. The van der Waals surface area contributed by atoms with Crippen LogP contribution in [0.5, 0.6) is 5.75 Å². The molecule has 1 amide bonds. The lowest BCUT2D eigenvalue weighted by Gasteiger charge is -2.06.